The highest BCUT2D eigenvalue weighted by Gasteiger charge is 2.17. The second kappa shape index (κ2) is 6.43. The topological polar surface area (TPSA) is 84.6 Å². The van der Waals surface area contributed by atoms with Crippen molar-refractivity contribution in [1.82, 2.24) is 0 Å². The first-order chi connectivity index (χ1) is 9.23. The number of rotatable bonds is 4. The molecule has 0 saturated heterocycles. The second-order valence-corrected chi connectivity index (χ2v) is 5.50. The number of benzene rings is 1. The lowest BCUT2D eigenvalue weighted by Gasteiger charge is -2.20. The van der Waals surface area contributed by atoms with Crippen molar-refractivity contribution in [3.05, 3.63) is 30.3 Å². The van der Waals surface area contributed by atoms with Gasteiger partial charge in [-0.1, -0.05) is 12.6 Å². The maximum absolute atomic E-state index is 11.6. The lowest BCUT2D eigenvalue weighted by atomic mass is 10.0. The largest absolute Gasteiger partial charge is 0.506 e. The van der Waals surface area contributed by atoms with Crippen LogP contribution in [0.5, 0.6) is 5.75 Å². The van der Waals surface area contributed by atoms with Gasteiger partial charge in [0.05, 0.1) is 5.69 Å². The van der Waals surface area contributed by atoms with Gasteiger partial charge in [-0.15, -0.1) is 0 Å². The second-order valence-electron chi connectivity index (χ2n) is 5.50. The van der Waals surface area contributed by atoms with E-state index in [0.717, 1.165) is 11.1 Å². The summed E-state index contributed by atoms with van der Waals surface area (Å²) in [6.45, 7) is 9.70. The van der Waals surface area contributed by atoms with Crippen LogP contribution in [-0.2, 0) is 4.74 Å². The van der Waals surface area contributed by atoms with E-state index >= 15 is 0 Å². The third-order valence-electron chi connectivity index (χ3n) is 2.49. The van der Waals surface area contributed by atoms with Crippen molar-refractivity contribution in [2.75, 3.05) is 11.9 Å². The average Bonchev–Trinajstić information content (AvgIpc) is 2.29. The zero-order valence-electron chi connectivity index (χ0n) is 12.2. The van der Waals surface area contributed by atoms with Crippen LogP contribution in [0, 0.1) is 0 Å². The van der Waals surface area contributed by atoms with Gasteiger partial charge in [0.15, 0.2) is 0 Å². The van der Waals surface area contributed by atoms with E-state index in [1.165, 1.54) is 0 Å². The standard InChI is InChI=1S/C15H22N2O3/c1-10(7-8-16)11-5-6-12(13(18)9-11)17-14(19)20-15(2,3)4/h5-6,9,18H,1,7-8,16H2,2-4H3,(H,17,19). The molecule has 0 aliphatic rings. The summed E-state index contributed by atoms with van der Waals surface area (Å²) in [5.74, 6) is -0.0356. The van der Waals surface area contributed by atoms with E-state index < -0.39 is 11.7 Å². The quantitative estimate of drug-likeness (QED) is 0.739. The number of amides is 1. The first kappa shape index (κ1) is 16.0. The number of carbonyl (C=O) groups is 1. The Kier molecular flexibility index (Phi) is 5.16. The monoisotopic (exact) mass is 278 g/mol. The predicted octanol–water partition coefficient (Wildman–Crippen LogP) is 3.10. The van der Waals surface area contributed by atoms with Gasteiger partial charge in [0.2, 0.25) is 0 Å². The fourth-order valence-corrected chi connectivity index (χ4v) is 1.59. The van der Waals surface area contributed by atoms with E-state index in [9.17, 15) is 9.90 Å². The molecule has 0 heterocycles. The van der Waals surface area contributed by atoms with Crippen LogP contribution in [0.25, 0.3) is 5.57 Å². The molecule has 1 rings (SSSR count). The van der Waals surface area contributed by atoms with Crippen LogP contribution in [0.15, 0.2) is 24.8 Å². The van der Waals surface area contributed by atoms with Gasteiger partial charge in [-0.2, -0.15) is 0 Å². The van der Waals surface area contributed by atoms with E-state index in [2.05, 4.69) is 11.9 Å². The minimum Gasteiger partial charge on any atom is -0.506 e. The van der Waals surface area contributed by atoms with Crippen LogP contribution >= 0.6 is 0 Å². The summed E-state index contributed by atoms with van der Waals surface area (Å²) in [6, 6.07) is 4.92. The molecule has 20 heavy (non-hydrogen) atoms. The van der Waals surface area contributed by atoms with Crippen molar-refractivity contribution in [1.29, 1.82) is 0 Å². The zero-order chi connectivity index (χ0) is 15.3. The number of phenolic OH excluding ortho intramolecular Hbond substituents is 1. The lowest BCUT2D eigenvalue weighted by Crippen LogP contribution is -2.27. The first-order valence-electron chi connectivity index (χ1n) is 6.44. The third-order valence-corrected chi connectivity index (χ3v) is 2.49. The van der Waals surface area contributed by atoms with E-state index in [-0.39, 0.29) is 5.75 Å². The number of anilines is 1. The lowest BCUT2D eigenvalue weighted by molar-refractivity contribution is 0.0635. The number of ether oxygens (including phenoxy) is 1. The Hall–Kier alpha value is -2.01. The smallest absolute Gasteiger partial charge is 0.412 e. The van der Waals surface area contributed by atoms with Crippen LogP contribution in [0.4, 0.5) is 10.5 Å². The highest BCUT2D eigenvalue weighted by Crippen LogP contribution is 2.28. The van der Waals surface area contributed by atoms with Crippen LogP contribution < -0.4 is 11.1 Å². The first-order valence-corrected chi connectivity index (χ1v) is 6.44. The normalized spacial score (nSPS) is 11.0. The van der Waals surface area contributed by atoms with Gasteiger partial charge in [-0.25, -0.2) is 4.79 Å². The molecule has 0 bridgehead atoms. The molecular formula is C15H22N2O3. The van der Waals surface area contributed by atoms with Crippen LogP contribution in [0.2, 0.25) is 0 Å². The minimum atomic E-state index is -0.610. The molecular weight excluding hydrogens is 256 g/mol. The molecule has 0 saturated carbocycles. The molecule has 1 aromatic carbocycles. The molecule has 0 aliphatic carbocycles. The predicted molar refractivity (Wildman–Crippen MR) is 80.7 cm³/mol. The third kappa shape index (κ3) is 4.93. The molecule has 0 spiro atoms. The van der Waals surface area contributed by atoms with Gasteiger partial charge in [-0.05, 0) is 57.0 Å². The van der Waals surface area contributed by atoms with Crippen molar-refractivity contribution < 1.29 is 14.6 Å². The van der Waals surface area contributed by atoms with Crippen molar-refractivity contribution in [2.24, 2.45) is 5.73 Å². The Morgan fingerprint density at radius 2 is 2.10 bits per heavy atom. The van der Waals surface area contributed by atoms with Gasteiger partial charge in [-0.3, -0.25) is 5.32 Å². The van der Waals surface area contributed by atoms with Crippen LogP contribution in [0.3, 0.4) is 0 Å². The molecule has 0 unspecified atom stereocenters. The molecule has 0 fully saturated rings. The maximum Gasteiger partial charge on any atom is 0.412 e. The number of aromatic hydroxyl groups is 1. The molecule has 0 aliphatic heterocycles. The van der Waals surface area contributed by atoms with Crippen molar-refractivity contribution in [3.8, 4) is 5.75 Å². The van der Waals surface area contributed by atoms with Crippen LogP contribution in [-0.4, -0.2) is 23.3 Å². The number of carbonyl (C=O) groups excluding carboxylic acids is 1. The molecule has 0 radical (unpaired) electrons. The summed E-state index contributed by atoms with van der Waals surface area (Å²) >= 11 is 0. The number of hydrogen-bond acceptors (Lipinski definition) is 4. The molecule has 110 valence electrons. The van der Waals surface area contributed by atoms with Gasteiger partial charge in [0, 0.05) is 0 Å². The Morgan fingerprint density at radius 3 is 2.60 bits per heavy atom. The molecule has 0 atom stereocenters. The highest BCUT2D eigenvalue weighted by molar-refractivity contribution is 5.87. The number of phenols is 1. The van der Waals surface area contributed by atoms with Crippen LogP contribution in [0.1, 0.15) is 32.8 Å². The van der Waals surface area contributed by atoms with E-state index in [0.29, 0.717) is 18.7 Å². The highest BCUT2D eigenvalue weighted by atomic mass is 16.6. The van der Waals surface area contributed by atoms with E-state index in [1.54, 1.807) is 39.0 Å². The fourth-order valence-electron chi connectivity index (χ4n) is 1.59. The van der Waals surface area contributed by atoms with Crippen molar-refractivity contribution in [3.63, 3.8) is 0 Å². The average molecular weight is 278 g/mol. The molecule has 0 aromatic heterocycles. The molecule has 1 amide bonds. The number of hydrogen-bond donors (Lipinski definition) is 3. The summed E-state index contributed by atoms with van der Waals surface area (Å²) in [4.78, 5) is 11.6. The van der Waals surface area contributed by atoms with E-state index in [1.807, 2.05) is 0 Å². The zero-order valence-corrected chi connectivity index (χ0v) is 12.2. The van der Waals surface area contributed by atoms with Gasteiger partial charge < -0.3 is 15.6 Å². The van der Waals surface area contributed by atoms with Crippen molar-refractivity contribution >= 4 is 17.4 Å². The number of nitrogens with one attached hydrogen (secondary N) is 1. The molecule has 4 N–H and O–H groups in total. The Bertz CT molecular complexity index is 504. The summed E-state index contributed by atoms with van der Waals surface area (Å²) in [6.07, 6.45) is 0.0412. The van der Waals surface area contributed by atoms with Crippen molar-refractivity contribution in [2.45, 2.75) is 32.8 Å². The number of nitrogens with two attached hydrogens (primary N) is 1. The summed E-state index contributed by atoms with van der Waals surface area (Å²) < 4.78 is 5.12. The SMILES string of the molecule is C=C(CCN)c1ccc(NC(=O)OC(C)(C)C)c(O)c1. The Morgan fingerprint density at radius 1 is 1.45 bits per heavy atom. The summed E-state index contributed by atoms with van der Waals surface area (Å²) in [5.41, 5.74) is 6.80. The maximum atomic E-state index is 11.6. The Labute approximate surface area is 119 Å². The summed E-state index contributed by atoms with van der Waals surface area (Å²) in [7, 11) is 0. The molecule has 5 heteroatoms. The molecule has 1 aromatic rings. The van der Waals surface area contributed by atoms with Gasteiger partial charge >= 0.3 is 6.09 Å². The van der Waals surface area contributed by atoms with Gasteiger partial charge in [0.25, 0.3) is 0 Å². The summed E-state index contributed by atoms with van der Waals surface area (Å²) in [5, 5.41) is 12.4. The minimum absolute atomic E-state index is 0.0356. The molecule has 5 nitrogen and oxygen atoms in total. The van der Waals surface area contributed by atoms with E-state index in [4.69, 9.17) is 10.5 Å². The van der Waals surface area contributed by atoms with Gasteiger partial charge in [0.1, 0.15) is 11.4 Å². The fraction of sp³-hybridized carbons (Fsp3) is 0.400. The Balaban J connectivity index is 2.79.